The van der Waals surface area contributed by atoms with Crippen LogP contribution in [0.2, 0.25) is 0 Å². The Morgan fingerprint density at radius 3 is 2.69 bits per heavy atom. The van der Waals surface area contributed by atoms with Crippen molar-refractivity contribution in [2.75, 3.05) is 11.9 Å². The number of rotatable bonds is 7. The number of imide groups is 1. The van der Waals surface area contributed by atoms with Crippen LogP contribution in [0.25, 0.3) is 16.2 Å². The van der Waals surface area contributed by atoms with Crippen molar-refractivity contribution in [3.05, 3.63) is 77.3 Å². The number of amides is 4. The quantitative estimate of drug-likeness (QED) is 0.381. The molecule has 178 valence electrons. The van der Waals surface area contributed by atoms with Crippen molar-refractivity contribution in [2.45, 2.75) is 32.2 Å². The molecular formula is C26H25N5O3S. The second kappa shape index (κ2) is 8.99. The molecule has 1 fully saturated rings. The van der Waals surface area contributed by atoms with E-state index >= 15 is 0 Å². The predicted octanol–water partition coefficient (Wildman–Crippen LogP) is 4.25. The maximum absolute atomic E-state index is 13.1. The maximum Gasteiger partial charge on any atom is 0.325 e. The number of nitrogens with one attached hydrogen (secondary N) is 2. The molecule has 5 rings (SSSR count). The number of hydrogen-bond donors (Lipinski definition) is 2. The summed E-state index contributed by atoms with van der Waals surface area (Å²) in [7, 11) is 0. The molecule has 3 aromatic heterocycles. The fraction of sp³-hybridized carbons (Fsp3) is 0.231. The van der Waals surface area contributed by atoms with Crippen molar-refractivity contribution in [1.29, 1.82) is 0 Å². The Hall–Kier alpha value is -3.98. The van der Waals surface area contributed by atoms with E-state index in [9.17, 15) is 14.4 Å². The number of carbonyl (C=O) groups excluding carboxylic acids is 3. The van der Waals surface area contributed by atoms with Crippen molar-refractivity contribution in [3.63, 3.8) is 0 Å². The topological polar surface area (TPSA) is 95.8 Å². The van der Waals surface area contributed by atoms with Crippen LogP contribution in [0.4, 0.5) is 10.6 Å². The van der Waals surface area contributed by atoms with Gasteiger partial charge in [0.2, 0.25) is 5.91 Å². The third-order valence-corrected chi connectivity index (χ3v) is 7.07. The number of anilines is 1. The number of pyridine rings is 1. The fourth-order valence-corrected chi connectivity index (χ4v) is 4.98. The highest BCUT2D eigenvalue weighted by atomic mass is 32.1. The summed E-state index contributed by atoms with van der Waals surface area (Å²) in [6.07, 6.45) is 2.92. The van der Waals surface area contributed by atoms with E-state index in [2.05, 4.69) is 10.6 Å². The summed E-state index contributed by atoms with van der Waals surface area (Å²) >= 11 is 1.52. The van der Waals surface area contributed by atoms with Crippen LogP contribution in [-0.4, -0.2) is 44.2 Å². The lowest BCUT2D eigenvalue weighted by atomic mass is 9.93. The van der Waals surface area contributed by atoms with Gasteiger partial charge in [0, 0.05) is 6.20 Å². The number of aryl methyl sites for hydroxylation is 2. The van der Waals surface area contributed by atoms with E-state index < -0.39 is 23.4 Å². The lowest BCUT2D eigenvalue weighted by Crippen LogP contribution is -2.45. The van der Waals surface area contributed by atoms with Gasteiger partial charge >= 0.3 is 6.03 Å². The molecule has 1 aliphatic rings. The number of thiophene rings is 1. The van der Waals surface area contributed by atoms with Crippen LogP contribution in [-0.2, 0) is 16.0 Å². The van der Waals surface area contributed by atoms with Crippen LogP contribution < -0.4 is 10.6 Å². The highest BCUT2D eigenvalue weighted by Crippen LogP contribution is 2.32. The van der Waals surface area contributed by atoms with Crippen LogP contribution in [0.3, 0.4) is 0 Å². The molecule has 2 N–H and O–H groups in total. The zero-order valence-corrected chi connectivity index (χ0v) is 20.3. The first-order valence-corrected chi connectivity index (χ1v) is 12.2. The van der Waals surface area contributed by atoms with Crippen LogP contribution in [0, 0.1) is 6.92 Å². The summed E-state index contributed by atoms with van der Waals surface area (Å²) in [4.78, 5) is 45.5. The number of hydrogen-bond acceptors (Lipinski definition) is 5. The minimum atomic E-state index is -1.06. The number of fused-ring (bicyclic) bond motifs is 1. The summed E-state index contributed by atoms with van der Waals surface area (Å²) < 4.78 is 1.80. The zero-order chi connectivity index (χ0) is 24.6. The zero-order valence-electron chi connectivity index (χ0n) is 19.4. The van der Waals surface area contributed by atoms with E-state index in [4.69, 9.17) is 4.98 Å². The maximum atomic E-state index is 13.1. The lowest BCUT2D eigenvalue weighted by molar-refractivity contribution is -0.133. The van der Waals surface area contributed by atoms with E-state index in [0.717, 1.165) is 20.9 Å². The molecule has 0 bridgehead atoms. The first-order chi connectivity index (χ1) is 16.8. The van der Waals surface area contributed by atoms with Gasteiger partial charge in [0.1, 0.15) is 29.2 Å². The smallest absolute Gasteiger partial charge is 0.323 e. The van der Waals surface area contributed by atoms with Gasteiger partial charge in [-0.05, 0) is 61.4 Å². The molecule has 1 atom stereocenters. The third-order valence-electron chi connectivity index (χ3n) is 6.20. The van der Waals surface area contributed by atoms with Gasteiger partial charge in [-0.15, -0.1) is 11.3 Å². The largest absolute Gasteiger partial charge is 0.325 e. The van der Waals surface area contributed by atoms with Crippen LogP contribution >= 0.6 is 11.3 Å². The molecular weight excluding hydrogens is 462 g/mol. The SMILES string of the molecule is Cc1ccn2c(NC(=O)CN3C(=O)N[C@](C)(CCc4ccccc4)C3=O)c(-c3cccs3)nc2c1. The van der Waals surface area contributed by atoms with Crippen LogP contribution in [0.1, 0.15) is 24.5 Å². The fourth-order valence-electron chi connectivity index (χ4n) is 4.27. The number of urea groups is 1. The molecule has 0 radical (unpaired) electrons. The minimum Gasteiger partial charge on any atom is -0.323 e. The van der Waals surface area contributed by atoms with E-state index in [0.29, 0.717) is 30.0 Å². The van der Waals surface area contributed by atoms with Crippen LogP contribution in [0.5, 0.6) is 0 Å². The van der Waals surface area contributed by atoms with Crippen molar-refractivity contribution in [3.8, 4) is 10.6 Å². The van der Waals surface area contributed by atoms with Gasteiger partial charge in [-0.1, -0.05) is 36.4 Å². The number of imidazole rings is 1. The Balaban J connectivity index is 1.34. The highest BCUT2D eigenvalue weighted by molar-refractivity contribution is 7.13. The molecule has 0 spiro atoms. The first-order valence-electron chi connectivity index (χ1n) is 11.3. The minimum absolute atomic E-state index is 0.380. The first kappa shape index (κ1) is 22.8. The standard InChI is InChI=1S/C26H25N5O3S/c1-17-11-13-30-20(15-17)27-22(19-9-6-14-35-19)23(30)28-21(32)16-31-24(33)26(2,29-25(31)34)12-10-18-7-4-3-5-8-18/h3-9,11,13-15H,10,12,16H2,1-2H3,(H,28,32)(H,29,34)/t26-/m1/s1. The lowest BCUT2D eigenvalue weighted by Gasteiger charge is -2.21. The van der Waals surface area contributed by atoms with Crippen molar-refractivity contribution in [2.24, 2.45) is 0 Å². The van der Waals surface area contributed by atoms with Crippen molar-refractivity contribution in [1.82, 2.24) is 19.6 Å². The Morgan fingerprint density at radius 1 is 1.14 bits per heavy atom. The normalized spacial score (nSPS) is 17.7. The second-order valence-electron chi connectivity index (χ2n) is 8.91. The molecule has 4 aromatic rings. The molecule has 0 saturated carbocycles. The average molecular weight is 488 g/mol. The summed E-state index contributed by atoms with van der Waals surface area (Å²) in [5, 5.41) is 7.61. The summed E-state index contributed by atoms with van der Waals surface area (Å²) in [5.41, 5.74) is 2.41. The molecule has 1 aliphatic heterocycles. The molecule has 4 heterocycles. The summed E-state index contributed by atoms with van der Waals surface area (Å²) in [6, 6.07) is 16.9. The van der Waals surface area contributed by atoms with Gasteiger partial charge < -0.3 is 10.6 Å². The Kier molecular flexibility index (Phi) is 5.86. The Morgan fingerprint density at radius 2 is 1.94 bits per heavy atom. The predicted molar refractivity (Wildman–Crippen MR) is 135 cm³/mol. The van der Waals surface area contributed by atoms with Crippen molar-refractivity contribution < 1.29 is 14.4 Å². The molecule has 1 saturated heterocycles. The second-order valence-corrected chi connectivity index (χ2v) is 9.85. The van der Waals surface area contributed by atoms with Gasteiger partial charge in [-0.2, -0.15) is 0 Å². The Labute approximate surface area is 206 Å². The molecule has 4 amide bonds. The van der Waals surface area contributed by atoms with Gasteiger partial charge in [-0.3, -0.25) is 18.9 Å². The monoisotopic (exact) mass is 487 g/mol. The highest BCUT2D eigenvalue weighted by Gasteiger charge is 2.47. The number of aromatic nitrogens is 2. The third kappa shape index (κ3) is 4.42. The van der Waals surface area contributed by atoms with E-state index in [1.165, 1.54) is 11.3 Å². The number of benzene rings is 1. The molecule has 9 heteroatoms. The summed E-state index contributed by atoms with van der Waals surface area (Å²) in [5.74, 6) is -0.367. The molecule has 0 aliphatic carbocycles. The molecule has 0 unspecified atom stereocenters. The van der Waals surface area contributed by atoms with Gasteiger partial charge in [0.05, 0.1) is 4.88 Å². The number of nitrogens with zero attached hydrogens (tertiary/aromatic N) is 3. The molecule has 1 aromatic carbocycles. The number of carbonyl (C=O) groups is 3. The average Bonchev–Trinajstić information content (AvgIpc) is 3.54. The van der Waals surface area contributed by atoms with Gasteiger partial charge in [0.15, 0.2) is 0 Å². The summed E-state index contributed by atoms with van der Waals surface area (Å²) in [6.45, 7) is 3.30. The Bertz CT molecular complexity index is 1410. The van der Waals surface area contributed by atoms with Gasteiger partial charge in [-0.25, -0.2) is 9.78 Å². The van der Waals surface area contributed by atoms with E-state index in [-0.39, 0.29) is 6.54 Å². The van der Waals surface area contributed by atoms with Crippen molar-refractivity contribution >= 4 is 40.6 Å². The van der Waals surface area contributed by atoms with E-state index in [1.807, 2.05) is 73.1 Å². The van der Waals surface area contributed by atoms with E-state index in [1.54, 1.807) is 11.3 Å². The van der Waals surface area contributed by atoms with Gasteiger partial charge in [0.25, 0.3) is 5.91 Å². The van der Waals surface area contributed by atoms with Crippen LogP contribution in [0.15, 0.2) is 66.2 Å². The molecule has 35 heavy (non-hydrogen) atoms. The molecule has 8 nitrogen and oxygen atoms in total.